The number of ether oxygens (including phenoxy) is 2. The molecule has 1 atom stereocenters. The molecule has 0 aliphatic carbocycles. The number of nitrogen functional groups attached to an aromatic ring is 1. The lowest BCUT2D eigenvalue weighted by atomic mass is 10.2. The summed E-state index contributed by atoms with van der Waals surface area (Å²) >= 11 is 0. The lowest BCUT2D eigenvalue weighted by Gasteiger charge is -2.16. The number of anilines is 1. The van der Waals surface area contributed by atoms with E-state index in [2.05, 4.69) is 17.0 Å². The van der Waals surface area contributed by atoms with E-state index in [0.717, 1.165) is 26.1 Å². The zero-order valence-corrected chi connectivity index (χ0v) is 13.8. The van der Waals surface area contributed by atoms with Gasteiger partial charge in [-0.15, -0.1) is 0 Å². The molecule has 24 heavy (non-hydrogen) atoms. The second-order valence-corrected chi connectivity index (χ2v) is 5.99. The molecule has 1 aliphatic heterocycles. The summed E-state index contributed by atoms with van der Waals surface area (Å²) in [6.07, 6.45) is 0.773. The minimum atomic E-state index is -0.333. The molecular weight excluding hydrogens is 304 g/mol. The summed E-state index contributed by atoms with van der Waals surface area (Å²) < 4.78 is 10.8. The standard InChI is InChI=1S/C19H22N2O3/c1-23-18-11-15(7-8-17(18)20)19(22)24-16-9-10-21(13-16)12-14-5-3-2-4-6-14/h2-8,11,16H,9-10,12-13,20H2,1H3/t16-/m0/s1. The van der Waals surface area contributed by atoms with Crippen molar-refractivity contribution in [3.05, 3.63) is 59.7 Å². The number of hydrogen-bond donors (Lipinski definition) is 1. The molecule has 1 aliphatic rings. The summed E-state index contributed by atoms with van der Waals surface area (Å²) in [4.78, 5) is 14.6. The Labute approximate surface area is 142 Å². The number of hydrogen-bond acceptors (Lipinski definition) is 5. The Balaban J connectivity index is 1.56. The van der Waals surface area contributed by atoms with Crippen molar-refractivity contribution in [2.24, 2.45) is 0 Å². The molecule has 0 unspecified atom stereocenters. The molecule has 126 valence electrons. The van der Waals surface area contributed by atoms with E-state index in [0.29, 0.717) is 17.0 Å². The predicted molar refractivity (Wildman–Crippen MR) is 92.9 cm³/mol. The fraction of sp³-hybridized carbons (Fsp3) is 0.316. The fourth-order valence-electron chi connectivity index (χ4n) is 2.94. The van der Waals surface area contributed by atoms with Crippen LogP contribution in [0.4, 0.5) is 5.69 Å². The van der Waals surface area contributed by atoms with Crippen LogP contribution in [0.5, 0.6) is 5.75 Å². The van der Waals surface area contributed by atoms with E-state index in [1.165, 1.54) is 12.7 Å². The van der Waals surface area contributed by atoms with Gasteiger partial charge in [-0.3, -0.25) is 4.90 Å². The highest BCUT2D eigenvalue weighted by molar-refractivity contribution is 5.90. The minimum Gasteiger partial charge on any atom is -0.495 e. The lowest BCUT2D eigenvalue weighted by molar-refractivity contribution is 0.0320. The second kappa shape index (κ2) is 7.36. The molecule has 3 rings (SSSR count). The van der Waals surface area contributed by atoms with Crippen LogP contribution in [0.3, 0.4) is 0 Å². The van der Waals surface area contributed by atoms with Crippen molar-refractivity contribution < 1.29 is 14.3 Å². The van der Waals surface area contributed by atoms with Gasteiger partial charge in [0.1, 0.15) is 11.9 Å². The van der Waals surface area contributed by atoms with E-state index in [1.807, 2.05) is 18.2 Å². The molecule has 2 aromatic rings. The van der Waals surface area contributed by atoms with Crippen molar-refractivity contribution in [3.63, 3.8) is 0 Å². The van der Waals surface area contributed by atoms with Crippen molar-refractivity contribution in [1.82, 2.24) is 4.90 Å². The second-order valence-electron chi connectivity index (χ2n) is 5.99. The van der Waals surface area contributed by atoms with Crippen molar-refractivity contribution >= 4 is 11.7 Å². The molecule has 0 radical (unpaired) electrons. The maximum Gasteiger partial charge on any atom is 0.338 e. The minimum absolute atomic E-state index is 0.0789. The summed E-state index contributed by atoms with van der Waals surface area (Å²) in [5.41, 5.74) is 8.01. The maximum absolute atomic E-state index is 12.3. The van der Waals surface area contributed by atoms with Crippen molar-refractivity contribution in [2.75, 3.05) is 25.9 Å². The molecule has 0 aromatic heterocycles. The first-order chi connectivity index (χ1) is 11.7. The topological polar surface area (TPSA) is 64.8 Å². The Morgan fingerprint density at radius 3 is 2.79 bits per heavy atom. The highest BCUT2D eigenvalue weighted by Gasteiger charge is 2.26. The summed E-state index contributed by atoms with van der Waals surface area (Å²) in [7, 11) is 1.53. The van der Waals surface area contributed by atoms with E-state index >= 15 is 0 Å². The van der Waals surface area contributed by atoms with Gasteiger partial charge in [0.2, 0.25) is 0 Å². The SMILES string of the molecule is COc1cc(C(=O)O[C@H]2CCN(Cc3ccccc3)C2)ccc1N. The highest BCUT2D eigenvalue weighted by atomic mass is 16.5. The van der Waals surface area contributed by atoms with Gasteiger partial charge in [0.25, 0.3) is 0 Å². The molecule has 2 aromatic carbocycles. The summed E-state index contributed by atoms with van der Waals surface area (Å²) in [5.74, 6) is 0.154. The van der Waals surface area contributed by atoms with Crippen LogP contribution in [0, 0.1) is 0 Å². The van der Waals surface area contributed by atoms with Gasteiger partial charge in [0.05, 0.1) is 18.4 Å². The third kappa shape index (κ3) is 3.86. The summed E-state index contributed by atoms with van der Waals surface area (Å²) in [5, 5.41) is 0. The first kappa shape index (κ1) is 16.3. The van der Waals surface area contributed by atoms with Gasteiger partial charge in [-0.1, -0.05) is 30.3 Å². The third-order valence-corrected chi connectivity index (χ3v) is 4.22. The normalized spacial score (nSPS) is 17.6. The molecule has 2 N–H and O–H groups in total. The van der Waals surface area contributed by atoms with Crippen LogP contribution < -0.4 is 10.5 Å². The fourth-order valence-corrected chi connectivity index (χ4v) is 2.94. The molecule has 0 bridgehead atoms. The van der Waals surface area contributed by atoms with Crippen LogP contribution in [0.15, 0.2) is 48.5 Å². The van der Waals surface area contributed by atoms with Gasteiger partial charge < -0.3 is 15.2 Å². The van der Waals surface area contributed by atoms with E-state index in [9.17, 15) is 4.79 Å². The largest absolute Gasteiger partial charge is 0.495 e. The van der Waals surface area contributed by atoms with E-state index < -0.39 is 0 Å². The zero-order chi connectivity index (χ0) is 16.9. The van der Waals surface area contributed by atoms with Crippen LogP contribution in [0.2, 0.25) is 0 Å². The Morgan fingerprint density at radius 2 is 2.04 bits per heavy atom. The van der Waals surface area contributed by atoms with Crippen molar-refractivity contribution in [3.8, 4) is 5.75 Å². The predicted octanol–water partition coefficient (Wildman–Crippen LogP) is 2.71. The van der Waals surface area contributed by atoms with Gasteiger partial charge >= 0.3 is 5.97 Å². The number of nitrogens with two attached hydrogens (primary N) is 1. The first-order valence-corrected chi connectivity index (χ1v) is 8.06. The number of nitrogens with zero attached hydrogens (tertiary/aromatic N) is 1. The van der Waals surface area contributed by atoms with Gasteiger partial charge in [-0.2, -0.15) is 0 Å². The number of esters is 1. The first-order valence-electron chi connectivity index (χ1n) is 8.06. The number of rotatable bonds is 5. The molecule has 1 heterocycles. The molecule has 1 saturated heterocycles. The lowest BCUT2D eigenvalue weighted by Crippen LogP contribution is -2.24. The quantitative estimate of drug-likeness (QED) is 0.676. The smallest absolute Gasteiger partial charge is 0.338 e. The van der Waals surface area contributed by atoms with E-state index in [-0.39, 0.29) is 12.1 Å². The van der Waals surface area contributed by atoms with Crippen LogP contribution in [0.25, 0.3) is 0 Å². The van der Waals surface area contributed by atoms with Gasteiger partial charge in [0.15, 0.2) is 0 Å². The average molecular weight is 326 g/mol. The van der Waals surface area contributed by atoms with Crippen LogP contribution >= 0.6 is 0 Å². The van der Waals surface area contributed by atoms with Crippen molar-refractivity contribution in [1.29, 1.82) is 0 Å². The van der Waals surface area contributed by atoms with Crippen molar-refractivity contribution in [2.45, 2.75) is 19.1 Å². The summed E-state index contributed by atoms with van der Waals surface area (Å²) in [6.45, 7) is 2.56. The van der Waals surface area contributed by atoms with Crippen LogP contribution in [-0.4, -0.2) is 37.2 Å². The molecule has 5 heteroatoms. The van der Waals surface area contributed by atoms with Crippen LogP contribution in [-0.2, 0) is 11.3 Å². The molecule has 0 spiro atoms. The Hall–Kier alpha value is -2.53. The Bertz CT molecular complexity index is 703. The number of carbonyl (C=O) groups excluding carboxylic acids is 1. The third-order valence-electron chi connectivity index (χ3n) is 4.22. The Kier molecular flexibility index (Phi) is 5.01. The molecular formula is C19H22N2O3. The molecule has 0 amide bonds. The number of benzene rings is 2. The summed E-state index contributed by atoms with van der Waals surface area (Å²) in [6, 6.07) is 15.3. The number of carbonyl (C=O) groups is 1. The monoisotopic (exact) mass is 326 g/mol. The van der Waals surface area contributed by atoms with E-state index in [1.54, 1.807) is 18.2 Å². The van der Waals surface area contributed by atoms with Gasteiger partial charge in [0, 0.05) is 19.6 Å². The Morgan fingerprint density at radius 1 is 1.25 bits per heavy atom. The maximum atomic E-state index is 12.3. The highest BCUT2D eigenvalue weighted by Crippen LogP contribution is 2.24. The van der Waals surface area contributed by atoms with Gasteiger partial charge in [-0.25, -0.2) is 4.79 Å². The average Bonchev–Trinajstić information content (AvgIpc) is 3.03. The molecule has 5 nitrogen and oxygen atoms in total. The number of likely N-dealkylation sites (tertiary alicyclic amines) is 1. The molecule has 0 saturated carbocycles. The van der Waals surface area contributed by atoms with Gasteiger partial charge in [-0.05, 0) is 30.2 Å². The molecule has 1 fully saturated rings. The zero-order valence-electron chi connectivity index (χ0n) is 13.8. The van der Waals surface area contributed by atoms with Crippen LogP contribution in [0.1, 0.15) is 22.3 Å². The number of methoxy groups -OCH3 is 1. The van der Waals surface area contributed by atoms with E-state index in [4.69, 9.17) is 15.2 Å².